The largest absolute Gasteiger partial charge is 0.472 e. The summed E-state index contributed by atoms with van der Waals surface area (Å²) in [6, 6.07) is 1.42. The molecule has 1 aromatic rings. The van der Waals surface area contributed by atoms with E-state index in [4.69, 9.17) is 20.9 Å². The van der Waals surface area contributed by atoms with Gasteiger partial charge in [0.1, 0.15) is 6.10 Å². The van der Waals surface area contributed by atoms with E-state index in [0.29, 0.717) is 12.5 Å². The minimum atomic E-state index is -0.607. The Labute approximate surface area is 93.5 Å². The van der Waals surface area contributed by atoms with Gasteiger partial charge in [-0.2, -0.15) is 0 Å². The van der Waals surface area contributed by atoms with Gasteiger partial charge in [0.2, 0.25) is 5.88 Å². The maximum atomic E-state index is 11.0. The third kappa shape index (κ3) is 3.09. The molecule has 1 amide bonds. The number of hydrogen-bond donors (Lipinski definition) is 2. The van der Waals surface area contributed by atoms with Gasteiger partial charge in [-0.3, -0.25) is 4.79 Å². The number of primary amides is 1. The van der Waals surface area contributed by atoms with Crippen LogP contribution in [-0.2, 0) is 4.74 Å². The fourth-order valence-electron chi connectivity index (χ4n) is 1.20. The molecule has 88 valence electrons. The van der Waals surface area contributed by atoms with E-state index >= 15 is 0 Å². The Morgan fingerprint density at radius 3 is 2.88 bits per heavy atom. The number of hydrogen-bond acceptors (Lipinski definition) is 5. The highest BCUT2D eigenvalue weighted by Crippen LogP contribution is 2.16. The van der Waals surface area contributed by atoms with Crippen molar-refractivity contribution in [1.29, 1.82) is 0 Å². The molecule has 0 aliphatic heterocycles. The van der Waals surface area contributed by atoms with Gasteiger partial charge in [-0.15, -0.1) is 0 Å². The average Bonchev–Trinajstić information content (AvgIpc) is 2.21. The Bertz CT molecular complexity index is 382. The lowest BCUT2D eigenvalue weighted by molar-refractivity contribution is 0.0886. The van der Waals surface area contributed by atoms with E-state index in [0.717, 1.165) is 0 Å². The Kier molecular flexibility index (Phi) is 4.07. The van der Waals surface area contributed by atoms with Crippen molar-refractivity contribution < 1.29 is 14.3 Å². The van der Waals surface area contributed by atoms with E-state index in [1.54, 1.807) is 7.11 Å². The van der Waals surface area contributed by atoms with Gasteiger partial charge in [-0.05, 0) is 6.92 Å². The summed E-state index contributed by atoms with van der Waals surface area (Å²) < 4.78 is 10.3. The van der Waals surface area contributed by atoms with Crippen LogP contribution in [0.15, 0.2) is 12.3 Å². The lowest BCUT2D eigenvalue weighted by Gasteiger charge is -2.13. The molecule has 1 rings (SSSR count). The third-order valence-corrected chi connectivity index (χ3v) is 1.90. The van der Waals surface area contributed by atoms with E-state index in [1.165, 1.54) is 12.3 Å². The van der Waals surface area contributed by atoms with Crippen LogP contribution in [0.4, 0.5) is 5.69 Å². The normalized spacial score (nSPS) is 12.1. The number of pyridine rings is 1. The van der Waals surface area contributed by atoms with Crippen molar-refractivity contribution in [1.82, 2.24) is 4.98 Å². The number of carbonyl (C=O) groups excluding carboxylic acids is 1. The van der Waals surface area contributed by atoms with Crippen LogP contribution < -0.4 is 16.2 Å². The molecule has 4 N–H and O–H groups in total. The molecule has 6 heteroatoms. The van der Waals surface area contributed by atoms with Gasteiger partial charge < -0.3 is 20.9 Å². The van der Waals surface area contributed by atoms with Crippen molar-refractivity contribution in [2.24, 2.45) is 5.73 Å². The number of nitrogens with two attached hydrogens (primary N) is 2. The van der Waals surface area contributed by atoms with Crippen molar-refractivity contribution in [3.05, 3.63) is 17.8 Å². The SMILES string of the molecule is COCC(C)Oc1cc(C(N)=O)c(N)cn1. The second kappa shape index (κ2) is 5.32. The molecule has 1 heterocycles. The molecular formula is C10H15N3O3. The van der Waals surface area contributed by atoms with Gasteiger partial charge in [0.05, 0.1) is 24.1 Å². The summed E-state index contributed by atoms with van der Waals surface area (Å²) in [7, 11) is 1.57. The van der Waals surface area contributed by atoms with E-state index in [-0.39, 0.29) is 17.4 Å². The zero-order chi connectivity index (χ0) is 12.1. The van der Waals surface area contributed by atoms with Crippen molar-refractivity contribution in [2.45, 2.75) is 13.0 Å². The molecule has 0 saturated carbocycles. The van der Waals surface area contributed by atoms with Crippen LogP contribution >= 0.6 is 0 Å². The first-order chi connectivity index (χ1) is 7.54. The van der Waals surface area contributed by atoms with Crippen molar-refractivity contribution >= 4 is 11.6 Å². The summed E-state index contributed by atoms with van der Waals surface area (Å²) >= 11 is 0. The minimum absolute atomic E-state index is 0.165. The topological polar surface area (TPSA) is 100 Å². The predicted octanol–water partition coefficient (Wildman–Crippen LogP) is 0.176. The molecule has 6 nitrogen and oxygen atoms in total. The van der Waals surface area contributed by atoms with Crippen LogP contribution in [0.5, 0.6) is 5.88 Å². The average molecular weight is 225 g/mol. The standard InChI is InChI=1S/C10H15N3O3/c1-6(5-15-2)16-9-3-7(10(12)14)8(11)4-13-9/h3-4,6H,5,11H2,1-2H3,(H2,12,14). The molecule has 16 heavy (non-hydrogen) atoms. The zero-order valence-corrected chi connectivity index (χ0v) is 9.27. The molecule has 1 unspecified atom stereocenters. The van der Waals surface area contributed by atoms with Crippen LogP contribution in [0.1, 0.15) is 17.3 Å². The Hall–Kier alpha value is -1.82. The number of methoxy groups -OCH3 is 1. The number of carbonyl (C=O) groups is 1. The first-order valence-corrected chi connectivity index (χ1v) is 4.75. The number of nitrogens with zero attached hydrogens (tertiary/aromatic N) is 1. The first-order valence-electron chi connectivity index (χ1n) is 4.75. The fraction of sp³-hybridized carbons (Fsp3) is 0.400. The molecular weight excluding hydrogens is 210 g/mol. The van der Waals surface area contributed by atoms with Gasteiger partial charge >= 0.3 is 0 Å². The maximum absolute atomic E-state index is 11.0. The van der Waals surface area contributed by atoms with E-state index in [9.17, 15) is 4.79 Å². The van der Waals surface area contributed by atoms with Crippen LogP contribution in [0.2, 0.25) is 0 Å². The number of aromatic nitrogens is 1. The lowest BCUT2D eigenvalue weighted by atomic mass is 10.2. The van der Waals surface area contributed by atoms with E-state index in [1.807, 2.05) is 6.92 Å². The summed E-state index contributed by atoms with van der Waals surface area (Å²) in [5, 5.41) is 0. The van der Waals surface area contributed by atoms with Crippen LogP contribution in [0.25, 0.3) is 0 Å². The summed E-state index contributed by atoms with van der Waals surface area (Å²) in [6.07, 6.45) is 1.18. The minimum Gasteiger partial charge on any atom is -0.472 e. The van der Waals surface area contributed by atoms with Gasteiger partial charge in [0.25, 0.3) is 5.91 Å². The summed E-state index contributed by atoms with van der Waals surface area (Å²) in [5.74, 6) is -0.309. The summed E-state index contributed by atoms with van der Waals surface area (Å²) in [5.41, 5.74) is 11.1. The molecule has 1 atom stereocenters. The highest BCUT2D eigenvalue weighted by Gasteiger charge is 2.10. The highest BCUT2D eigenvalue weighted by molar-refractivity contribution is 5.97. The van der Waals surface area contributed by atoms with Gasteiger partial charge in [0, 0.05) is 13.2 Å². The molecule has 0 radical (unpaired) electrons. The number of nitrogen functional groups attached to an aromatic ring is 1. The molecule has 0 fully saturated rings. The van der Waals surface area contributed by atoms with Crippen molar-refractivity contribution in [3.63, 3.8) is 0 Å². The zero-order valence-electron chi connectivity index (χ0n) is 9.27. The van der Waals surface area contributed by atoms with Gasteiger partial charge in [-0.25, -0.2) is 4.98 Å². The van der Waals surface area contributed by atoms with Crippen LogP contribution in [0.3, 0.4) is 0 Å². The molecule has 0 saturated heterocycles. The molecule has 1 aromatic heterocycles. The molecule has 0 spiro atoms. The lowest BCUT2D eigenvalue weighted by Crippen LogP contribution is -2.20. The van der Waals surface area contributed by atoms with Crippen LogP contribution in [-0.4, -0.2) is 30.7 Å². The Balaban J connectivity index is 2.82. The molecule has 0 aliphatic carbocycles. The summed E-state index contributed by atoms with van der Waals surface area (Å²) in [6.45, 7) is 2.25. The number of ether oxygens (including phenoxy) is 2. The molecule has 0 aliphatic rings. The smallest absolute Gasteiger partial charge is 0.251 e. The second-order valence-electron chi connectivity index (χ2n) is 3.36. The Morgan fingerprint density at radius 1 is 1.62 bits per heavy atom. The van der Waals surface area contributed by atoms with Crippen LogP contribution in [0, 0.1) is 0 Å². The highest BCUT2D eigenvalue weighted by atomic mass is 16.5. The van der Waals surface area contributed by atoms with E-state index in [2.05, 4.69) is 4.98 Å². The second-order valence-corrected chi connectivity index (χ2v) is 3.36. The Morgan fingerprint density at radius 2 is 2.31 bits per heavy atom. The maximum Gasteiger partial charge on any atom is 0.251 e. The van der Waals surface area contributed by atoms with E-state index < -0.39 is 5.91 Å². The molecule has 0 bridgehead atoms. The quantitative estimate of drug-likeness (QED) is 0.744. The van der Waals surface area contributed by atoms with Crippen molar-refractivity contribution in [3.8, 4) is 5.88 Å². The first kappa shape index (κ1) is 12.3. The monoisotopic (exact) mass is 225 g/mol. The fourth-order valence-corrected chi connectivity index (χ4v) is 1.20. The summed E-state index contributed by atoms with van der Waals surface area (Å²) in [4.78, 5) is 15.0. The third-order valence-electron chi connectivity index (χ3n) is 1.90. The van der Waals surface area contributed by atoms with Gasteiger partial charge in [-0.1, -0.05) is 0 Å². The molecule has 0 aromatic carbocycles. The number of rotatable bonds is 5. The predicted molar refractivity (Wildman–Crippen MR) is 59.1 cm³/mol. The van der Waals surface area contributed by atoms with Gasteiger partial charge in [0.15, 0.2) is 0 Å². The number of amides is 1. The number of anilines is 1. The van der Waals surface area contributed by atoms with Crippen molar-refractivity contribution in [2.75, 3.05) is 19.5 Å².